The molecule has 120 valence electrons. The number of benzene rings is 1. The minimum absolute atomic E-state index is 0.113. The van der Waals surface area contributed by atoms with E-state index in [-0.39, 0.29) is 11.4 Å². The number of nitrogens with zero attached hydrogens (tertiary/aromatic N) is 2. The first-order chi connectivity index (χ1) is 10.9. The molecule has 1 aromatic heterocycles. The third-order valence-corrected chi connectivity index (χ3v) is 6.01. The van der Waals surface area contributed by atoms with Crippen molar-refractivity contribution in [2.45, 2.75) is 30.7 Å². The number of rotatable bonds is 5. The van der Waals surface area contributed by atoms with Crippen LogP contribution in [0.15, 0.2) is 45.7 Å². The Morgan fingerprint density at radius 3 is 2.74 bits per heavy atom. The Kier molecular flexibility index (Phi) is 4.00. The maximum atomic E-state index is 12.6. The Balaban J connectivity index is 1.77. The van der Waals surface area contributed by atoms with Crippen molar-refractivity contribution in [3.63, 3.8) is 0 Å². The fourth-order valence-corrected chi connectivity index (χ4v) is 3.79. The normalized spacial score (nSPS) is 20.4. The molecule has 2 unspecified atom stereocenters. The Morgan fingerprint density at radius 1 is 1.35 bits per heavy atom. The summed E-state index contributed by atoms with van der Waals surface area (Å²) in [5, 5.41) is 8.91. The van der Waals surface area contributed by atoms with Gasteiger partial charge in [-0.15, -0.1) is 0 Å². The number of sulfonamides is 1. The lowest BCUT2D eigenvalue weighted by atomic mass is 10.2. The molecule has 0 amide bonds. The predicted octanol–water partition coefficient (Wildman–Crippen LogP) is 3.10. The van der Waals surface area contributed by atoms with Crippen LogP contribution in [0.1, 0.15) is 36.3 Å². The highest BCUT2D eigenvalue weighted by Gasteiger charge is 2.36. The third kappa shape index (κ3) is 3.16. The SMILES string of the molecule is CC1CC1c1ccc(CN(C)S(=O)(=O)c2cccc(C#N)c2)o1. The molecule has 1 aliphatic carbocycles. The van der Waals surface area contributed by atoms with E-state index >= 15 is 0 Å². The molecule has 0 spiro atoms. The molecule has 6 heteroatoms. The Bertz CT molecular complexity index is 864. The first-order valence-corrected chi connectivity index (χ1v) is 8.91. The molecule has 3 rings (SSSR count). The molecule has 1 aliphatic rings. The molecule has 0 saturated heterocycles. The average Bonchev–Trinajstić information content (AvgIpc) is 3.09. The molecule has 1 fully saturated rings. The molecule has 1 aromatic carbocycles. The van der Waals surface area contributed by atoms with E-state index in [1.54, 1.807) is 12.1 Å². The predicted molar refractivity (Wildman–Crippen MR) is 85.0 cm³/mol. The molecule has 5 nitrogen and oxygen atoms in total. The van der Waals surface area contributed by atoms with Crippen molar-refractivity contribution in [3.05, 3.63) is 53.5 Å². The van der Waals surface area contributed by atoms with Gasteiger partial charge in [0, 0.05) is 13.0 Å². The molecule has 0 bridgehead atoms. The van der Waals surface area contributed by atoms with Crippen LogP contribution in [0.2, 0.25) is 0 Å². The van der Waals surface area contributed by atoms with Crippen molar-refractivity contribution in [2.24, 2.45) is 5.92 Å². The van der Waals surface area contributed by atoms with E-state index in [2.05, 4.69) is 6.92 Å². The van der Waals surface area contributed by atoms with Crippen molar-refractivity contribution in [3.8, 4) is 6.07 Å². The van der Waals surface area contributed by atoms with Gasteiger partial charge in [0.25, 0.3) is 0 Å². The lowest BCUT2D eigenvalue weighted by Gasteiger charge is -2.16. The maximum absolute atomic E-state index is 12.6. The summed E-state index contributed by atoms with van der Waals surface area (Å²) in [4.78, 5) is 0.113. The summed E-state index contributed by atoms with van der Waals surface area (Å²) in [6.07, 6.45) is 1.13. The van der Waals surface area contributed by atoms with Gasteiger partial charge in [0.05, 0.1) is 23.1 Å². The highest BCUT2D eigenvalue weighted by molar-refractivity contribution is 7.89. The second kappa shape index (κ2) is 5.84. The number of hydrogen-bond donors (Lipinski definition) is 0. The van der Waals surface area contributed by atoms with E-state index in [0.29, 0.717) is 23.2 Å². The monoisotopic (exact) mass is 330 g/mol. The highest BCUT2D eigenvalue weighted by atomic mass is 32.2. The first kappa shape index (κ1) is 15.8. The molecule has 2 aromatic rings. The van der Waals surface area contributed by atoms with Crippen LogP contribution in [-0.2, 0) is 16.6 Å². The van der Waals surface area contributed by atoms with E-state index in [1.807, 2.05) is 18.2 Å². The zero-order valence-corrected chi connectivity index (χ0v) is 13.9. The summed E-state index contributed by atoms with van der Waals surface area (Å²) in [5.74, 6) is 2.67. The summed E-state index contributed by atoms with van der Waals surface area (Å²) >= 11 is 0. The van der Waals surface area contributed by atoms with Crippen LogP contribution in [0, 0.1) is 17.2 Å². The van der Waals surface area contributed by atoms with Gasteiger partial charge in [0.15, 0.2) is 0 Å². The summed E-state index contributed by atoms with van der Waals surface area (Å²) in [6, 6.07) is 11.7. The van der Waals surface area contributed by atoms with Crippen LogP contribution >= 0.6 is 0 Å². The van der Waals surface area contributed by atoms with Crippen molar-refractivity contribution in [1.29, 1.82) is 5.26 Å². The molecule has 0 aliphatic heterocycles. The number of furan rings is 1. The van der Waals surface area contributed by atoms with E-state index in [4.69, 9.17) is 9.68 Å². The lowest BCUT2D eigenvalue weighted by molar-refractivity contribution is 0.390. The smallest absolute Gasteiger partial charge is 0.243 e. The second-order valence-corrected chi connectivity index (χ2v) is 8.07. The second-order valence-electron chi connectivity index (χ2n) is 6.02. The van der Waals surface area contributed by atoms with Gasteiger partial charge in [-0.1, -0.05) is 13.0 Å². The van der Waals surface area contributed by atoms with Crippen LogP contribution in [-0.4, -0.2) is 19.8 Å². The average molecular weight is 330 g/mol. The molecule has 1 heterocycles. The molecule has 23 heavy (non-hydrogen) atoms. The van der Waals surface area contributed by atoms with Crippen molar-refractivity contribution in [1.82, 2.24) is 4.31 Å². The van der Waals surface area contributed by atoms with E-state index in [0.717, 1.165) is 12.2 Å². The lowest BCUT2D eigenvalue weighted by Crippen LogP contribution is -2.26. The molecule has 0 N–H and O–H groups in total. The largest absolute Gasteiger partial charge is 0.464 e. The summed E-state index contributed by atoms with van der Waals surface area (Å²) < 4.78 is 32.2. The fourth-order valence-electron chi connectivity index (χ4n) is 2.61. The van der Waals surface area contributed by atoms with E-state index in [1.165, 1.54) is 23.5 Å². The molecule has 1 saturated carbocycles. The molecular weight excluding hydrogens is 312 g/mol. The van der Waals surface area contributed by atoms with Gasteiger partial charge in [-0.05, 0) is 42.7 Å². The number of nitriles is 1. The first-order valence-electron chi connectivity index (χ1n) is 7.47. The molecule has 2 atom stereocenters. The minimum atomic E-state index is -3.65. The van der Waals surface area contributed by atoms with Gasteiger partial charge in [-0.3, -0.25) is 0 Å². The molecule has 0 radical (unpaired) electrons. The van der Waals surface area contributed by atoms with Crippen molar-refractivity contribution >= 4 is 10.0 Å². The van der Waals surface area contributed by atoms with Gasteiger partial charge in [-0.25, -0.2) is 8.42 Å². The van der Waals surface area contributed by atoms with Crippen molar-refractivity contribution < 1.29 is 12.8 Å². The standard InChI is InChI=1S/C17H18N2O3S/c1-12-8-16(12)17-7-6-14(22-17)11-19(2)23(20,21)15-5-3-4-13(9-15)10-18/h3-7,9,12,16H,8,11H2,1-2H3. The van der Waals surface area contributed by atoms with Gasteiger partial charge in [0.1, 0.15) is 11.5 Å². The summed E-state index contributed by atoms with van der Waals surface area (Å²) in [6.45, 7) is 2.34. The van der Waals surface area contributed by atoms with Gasteiger partial charge < -0.3 is 4.42 Å². The van der Waals surface area contributed by atoms with E-state index in [9.17, 15) is 8.42 Å². The quantitative estimate of drug-likeness (QED) is 0.844. The Morgan fingerprint density at radius 2 is 2.09 bits per heavy atom. The number of hydrogen-bond acceptors (Lipinski definition) is 4. The Hall–Kier alpha value is -2.10. The Labute approximate surface area is 136 Å². The highest BCUT2D eigenvalue weighted by Crippen LogP contribution is 2.47. The van der Waals surface area contributed by atoms with E-state index < -0.39 is 10.0 Å². The summed E-state index contributed by atoms with van der Waals surface area (Å²) in [5.41, 5.74) is 0.322. The molecular formula is C17H18N2O3S. The van der Waals surface area contributed by atoms with Crippen LogP contribution in [0.25, 0.3) is 0 Å². The maximum Gasteiger partial charge on any atom is 0.243 e. The van der Waals surface area contributed by atoms with Crippen molar-refractivity contribution in [2.75, 3.05) is 7.05 Å². The van der Waals surface area contributed by atoms with Crippen LogP contribution in [0.5, 0.6) is 0 Å². The van der Waals surface area contributed by atoms with Crippen LogP contribution < -0.4 is 0 Å². The van der Waals surface area contributed by atoms with Gasteiger partial charge in [-0.2, -0.15) is 9.57 Å². The zero-order chi connectivity index (χ0) is 16.6. The fraction of sp³-hybridized carbons (Fsp3) is 0.353. The van der Waals surface area contributed by atoms with Gasteiger partial charge >= 0.3 is 0 Å². The zero-order valence-electron chi connectivity index (χ0n) is 13.1. The third-order valence-electron chi connectivity index (χ3n) is 4.21. The topological polar surface area (TPSA) is 74.3 Å². The van der Waals surface area contributed by atoms with Crippen LogP contribution in [0.4, 0.5) is 0 Å². The minimum Gasteiger partial charge on any atom is -0.464 e. The van der Waals surface area contributed by atoms with Gasteiger partial charge in [0.2, 0.25) is 10.0 Å². The summed E-state index contributed by atoms with van der Waals surface area (Å²) in [7, 11) is -2.14. The van der Waals surface area contributed by atoms with Crippen LogP contribution in [0.3, 0.4) is 0 Å².